The number of esters is 2. The molecule has 0 saturated heterocycles. The Labute approximate surface area is 284 Å². The lowest BCUT2D eigenvalue weighted by atomic mass is 9.68. The van der Waals surface area contributed by atoms with Crippen molar-refractivity contribution in [3.8, 4) is 0 Å². The van der Waals surface area contributed by atoms with Gasteiger partial charge in [0.25, 0.3) is 0 Å². The van der Waals surface area contributed by atoms with Gasteiger partial charge in [0, 0.05) is 9.38 Å². The second-order valence-corrected chi connectivity index (χ2v) is 13.2. The third kappa shape index (κ3) is 6.76. The van der Waals surface area contributed by atoms with Crippen LogP contribution in [0.5, 0.6) is 0 Å². The predicted octanol–water partition coefficient (Wildman–Crippen LogP) is 9.78. The van der Waals surface area contributed by atoms with Crippen LogP contribution in [0.2, 0.25) is 0 Å². The molecule has 0 aliphatic heterocycles. The van der Waals surface area contributed by atoms with Gasteiger partial charge in [-0.05, 0) is 109 Å². The van der Waals surface area contributed by atoms with Crippen molar-refractivity contribution in [3.63, 3.8) is 0 Å². The van der Waals surface area contributed by atoms with E-state index in [4.69, 9.17) is 9.47 Å². The Morgan fingerprint density at radius 3 is 1.79 bits per heavy atom. The molecule has 0 N–H and O–H groups in total. The third-order valence-electron chi connectivity index (χ3n) is 9.41. The number of halogens is 1. The van der Waals surface area contributed by atoms with Gasteiger partial charge in [-0.1, -0.05) is 112 Å². The SMILES string of the molecule is Cc1cccc(C)c1COC(=O)C1(C(=O)OCc2c(C)cccc2C)C[C@@H](/C=C/c2ccccc2)C[C@]1(N=[N+]=[N-])c1ccc(Br)cc1. The van der Waals surface area contributed by atoms with Gasteiger partial charge in [0.1, 0.15) is 18.8 Å². The standard InChI is InChI=1S/C39H38BrN3O4/c1-26-10-8-11-27(2)34(26)24-46-36(44)38(37(45)47-25-35-28(3)12-9-13-29(35)4)22-31(17-16-30-14-6-5-7-15-30)23-39(38,42-43-41)32-18-20-33(40)21-19-32/h5-21,31H,22-25H2,1-4H3/b17-16+/t31-,39+/m1/s1. The summed E-state index contributed by atoms with van der Waals surface area (Å²) in [6, 6.07) is 28.7. The fourth-order valence-electron chi connectivity index (χ4n) is 6.75. The number of hydrogen-bond donors (Lipinski definition) is 0. The number of ether oxygens (including phenoxy) is 2. The van der Waals surface area contributed by atoms with Gasteiger partial charge in [-0.2, -0.15) is 0 Å². The van der Waals surface area contributed by atoms with Crippen LogP contribution >= 0.6 is 15.9 Å². The molecule has 0 spiro atoms. The number of carbonyl (C=O) groups is 2. The Morgan fingerprint density at radius 1 is 0.787 bits per heavy atom. The molecule has 1 aliphatic carbocycles. The first kappa shape index (κ1) is 33.7. The van der Waals surface area contributed by atoms with Crippen LogP contribution in [0, 0.1) is 39.0 Å². The highest BCUT2D eigenvalue weighted by Gasteiger charge is 2.69. The summed E-state index contributed by atoms with van der Waals surface area (Å²) in [7, 11) is 0. The molecule has 4 aromatic carbocycles. The summed E-state index contributed by atoms with van der Waals surface area (Å²) >= 11 is 3.49. The van der Waals surface area contributed by atoms with E-state index in [1.54, 1.807) is 12.1 Å². The molecule has 0 amide bonds. The molecule has 0 heterocycles. The number of benzene rings is 4. The van der Waals surface area contributed by atoms with Crippen molar-refractivity contribution in [2.45, 2.75) is 59.3 Å². The highest BCUT2D eigenvalue weighted by molar-refractivity contribution is 9.10. The molecule has 8 heteroatoms. The molecule has 1 fully saturated rings. The van der Waals surface area contributed by atoms with Crippen molar-refractivity contribution in [3.05, 3.63) is 156 Å². The molecule has 2 atom stereocenters. The number of nitrogens with zero attached hydrogens (tertiary/aromatic N) is 3. The molecule has 0 bridgehead atoms. The van der Waals surface area contributed by atoms with Crippen LogP contribution in [0.25, 0.3) is 16.5 Å². The van der Waals surface area contributed by atoms with Gasteiger partial charge in [0.2, 0.25) is 0 Å². The molecule has 0 aromatic heterocycles. The Kier molecular flexibility index (Phi) is 10.3. The topological polar surface area (TPSA) is 101 Å². The maximum atomic E-state index is 14.8. The van der Waals surface area contributed by atoms with Crippen LogP contribution in [0.4, 0.5) is 0 Å². The summed E-state index contributed by atoms with van der Waals surface area (Å²) in [4.78, 5) is 32.8. The molecule has 7 nitrogen and oxygen atoms in total. The van der Waals surface area contributed by atoms with Crippen molar-refractivity contribution >= 4 is 33.9 Å². The van der Waals surface area contributed by atoms with Crippen molar-refractivity contribution < 1.29 is 19.1 Å². The van der Waals surface area contributed by atoms with Gasteiger partial charge in [0.05, 0.1) is 0 Å². The number of rotatable bonds is 10. The Morgan fingerprint density at radius 2 is 1.30 bits per heavy atom. The number of carbonyl (C=O) groups excluding carboxylic acids is 2. The lowest BCUT2D eigenvalue weighted by Crippen LogP contribution is -2.53. The average Bonchev–Trinajstić information content (AvgIpc) is 3.40. The smallest absolute Gasteiger partial charge is 0.324 e. The minimum atomic E-state index is -1.98. The number of aryl methyl sites for hydroxylation is 4. The van der Waals surface area contributed by atoms with Crippen LogP contribution in [0.1, 0.15) is 57.3 Å². The van der Waals surface area contributed by atoms with Crippen LogP contribution in [0.3, 0.4) is 0 Å². The minimum absolute atomic E-state index is 0.0303. The molecule has 47 heavy (non-hydrogen) atoms. The van der Waals surface area contributed by atoms with Crippen molar-refractivity contribution in [1.29, 1.82) is 0 Å². The van der Waals surface area contributed by atoms with E-state index in [-0.39, 0.29) is 32.0 Å². The van der Waals surface area contributed by atoms with E-state index in [0.717, 1.165) is 43.4 Å². The molecule has 240 valence electrons. The summed E-state index contributed by atoms with van der Waals surface area (Å²) in [5.74, 6) is -1.89. The molecule has 0 unspecified atom stereocenters. The maximum Gasteiger partial charge on any atom is 0.324 e. The van der Waals surface area contributed by atoms with Crippen LogP contribution in [-0.4, -0.2) is 11.9 Å². The van der Waals surface area contributed by atoms with Gasteiger partial charge >= 0.3 is 11.9 Å². The van der Waals surface area contributed by atoms with E-state index in [1.807, 2.05) is 119 Å². The van der Waals surface area contributed by atoms with Gasteiger partial charge in [-0.25, -0.2) is 0 Å². The molecular formula is C39H38BrN3O4. The van der Waals surface area contributed by atoms with E-state index in [0.29, 0.717) is 5.56 Å². The lowest BCUT2D eigenvalue weighted by Gasteiger charge is -2.39. The van der Waals surface area contributed by atoms with E-state index in [9.17, 15) is 15.1 Å². The Balaban J connectivity index is 1.65. The van der Waals surface area contributed by atoms with E-state index in [1.165, 1.54) is 0 Å². The molecule has 5 rings (SSSR count). The quantitative estimate of drug-likeness (QED) is 0.0543. The lowest BCUT2D eigenvalue weighted by molar-refractivity contribution is -0.179. The second-order valence-electron chi connectivity index (χ2n) is 12.3. The fourth-order valence-corrected chi connectivity index (χ4v) is 7.01. The van der Waals surface area contributed by atoms with Crippen molar-refractivity contribution in [2.75, 3.05) is 0 Å². The zero-order valence-electron chi connectivity index (χ0n) is 27.1. The molecule has 1 aliphatic rings. The second kappa shape index (κ2) is 14.4. The van der Waals surface area contributed by atoms with Crippen LogP contribution in [-0.2, 0) is 37.8 Å². The third-order valence-corrected chi connectivity index (χ3v) is 9.94. The molecular weight excluding hydrogens is 654 g/mol. The Hall–Kier alpha value is -4.65. The van der Waals surface area contributed by atoms with E-state index in [2.05, 4.69) is 26.0 Å². The van der Waals surface area contributed by atoms with Crippen molar-refractivity contribution in [1.82, 2.24) is 0 Å². The normalized spacial score (nSPS) is 18.4. The first-order valence-electron chi connectivity index (χ1n) is 15.6. The first-order chi connectivity index (χ1) is 22.6. The number of hydrogen-bond acceptors (Lipinski definition) is 5. The summed E-state index contributed by atoms with van der Waals surface area (Å²) in [6.07, 6.45) is 4.17. The zero-order chi connectivity index (χ0) is 33.6. The predicted molar refractivity (Wildman–Crippen MR) is 187 cm³/mol. The van der Waals surface area contributed by atoms with E-state index >= 15 is 0 Å². The molecule has 0 radical (unpaired) electrons. The molecule has 1 saturated carbocycles. The Bertz CT molecular complexity index is 1740. The monoisotopic (exact) mass is 691 g/mol. The molecule has 4 aromatic rings. The van der Waals surface area contributed by atoms with Crippen molar-refractivity contribution in [2.24, 2.45) is 16.4 Å². The van der Waals surface area contributed by atoms with Crippen LogP contribution < -0.4 is 0 Å². The summed E-state index contributed by atoms with van der Waals surface area (Å²) in [5.41, 5.74) is 13.6. The fraction of sp³-hybridized carbons (Fsp3) is 0.282. The van der Waals surface area contributed by atoms with Gasteiger partial charge in [-0.3, -0.25) is 9.59 Å². The summed E-state index contributed by atoms with van der Waals surface area (Å²) in [6.45, 7) is 7.74. The number of azide groups is 1. The number of allylic oxidation sites excluding steroid dienone is 1. The highest BCUT2D eigenvalue weighted by Crippen LogP contribution is 2.60. The summed E-state index contributed by atoms with van der Waals surface area (Å²) < 4.78 is 13.0. The van der Waals surface area contributed by atoms with Crippen LogP contribution in [0.15, 0.2) is 107 Å². The largest absolute Gasteiger partial charge is 0.460 e. The average molecular weight is 693 g/mol. The highest BCUT2D eigenvalue weighted by atomic mass is 79.9. The maximum absolute atomic E-state index is 14.8. The van der Waals surface area contributed by atoms with E-state index < -0.39 is 22.9 Å². The summed E-state index contributed by atoms with van der Waals surface area (Å²) in [5, 5.41) is 4.37. The van der Waals surface area contributed by atoms with Gasteiger partial charge in [0.15, 0.2) is 5.41 Å². The first-order valence-corrected chi connectivity index (χ1v) is 16.4. The van der Waals surface area contributed by atoms with Gasteiger partial charge in [-0.15, -0.1) is 0 Å². The zero-order valence-corrected chi connectivity index (χ0v) is 28.7. The van der Waals surface area contributed by atoms with Gasteiger partial charge < -0.3 is 9.47 Å². The minimum Gasteiger partial charge on any atom is -0.460 e.